The van der Waals surface area contributed by atoms with Crippen LogP contribution in [0.15, 0.2) is 90.1 Å². The Morgan fingerprint density at radius 1 is 1.08 bits per heavy atom. The van der Waals surface area contributed by atoms with E-state index in [1.165, 1.54) is 12.1 Å². The standard InChI is InChI=1S/C49H61ClFN3O9/c1-3-25-61-49-44(54(48(57)59-27-22-50)31-34-16-18-36(51)19-17-34)30-42(53-63-45-15-6-9-26-58-45)40-28-35(12-4-7-23-55)39(14-5-8-24-56)46(47(40)49)41-29-38(20-21-43(41)62-49)60-32-37-13-10-11-33(2)52-37/h3,10-11,13,16-21,28-29,35,39,44-47,55-56H,1,4-9,12,14-15,22-27,30-32H2,2H3/t35-,39+,44-,45?,46+,47+,49+/m0/s1. The number of alkyl halides is 1. The third-order valence-electron chi connectivity index (χ3n) is 12.6. The molecule has 7 atom stereocenters. The summed E-state index contributed by atoms with van der Waals surface area (Å²) in [6.45, 7) is 7.03. The van der Waals surface area contributed by atoms with E-state index >= 15 is 0 Å². The Hall–Kier alpha value is -4.53. The topological polar surface area (TPSA) is 141 Å². The van der Waals surface area contributed by atoms with Crippen molar-refractivity contribution in [2.75, 3.05) is 38.9 Å². The van der Waals surface area contributed by atoms with Crippen molar-refractivity contribution in [1.82, 2.24) is 9.88 Å². The quantitative estimate of drug-likeness (QED) is 0.0461. The number of allylic oxidation sites excluding steroid dienone is 1. The van der Waals surface area contributed by atoms with Crippen molar-refractivity contribution in [3.63, 3.8) is 0 Å². The largest absolute Gasteiger partial charge is 0.487 e. The third-order valence-corrected chi connectivity index (χ3v) is 12.7. The van der Waals surface area contributed by atoms with Crippen LogP contribution in [0.4, 0.5) is 9.18 Å². The monoisotopic (exact) mass is 889 g/mol. The molecule has 63 heavy (non-hydrogen) atoms. The molecule has 1 saturated heterocycles. The Kier molecular flexibility index (Phi) is 16.5. The van der Waals surface area contributed by atoms with Gasteiger partial charge in [-0.2, -0.15) is 0 Å². The number of unbranched alkanes of at least 4 members (excludes halogenated alkanes) is 2. The molecule has 1 unspecified atom stereocenters. The van der Waals surface area contributed by atoms with Crippen molar-refractivity contribution in [3.05, 3.63) is 113 Å². The highest BCUT2D eigenvalue weighted by molar-refractivity contribution is 6.18. The van der Waals surface area contributed by atoms with Gasteiger partial charge < -0.3 is 38.7 Å². The fourth-order valence-corrected chi connectivity index (χ4v) is 9.87. The Bertz CT molecular complexity index is 2050. The zero-order valence-electron chi connectivity index (χ0n) is 36.2. The van der Waals surface area contributed by atoms with Crippen molar-refractivity contribution in [2.45, 2.75) is 108 Å². The van der Waals surface area contributed by atoms with Gasteiger partial charge in [0.15, 0.2) is 0 Å². The number of nitrogens with zero attached hydrogens (tertiary/aromatic N) is 3. The van der Waals surface area contributed by atoms with Crippen LogP contribution in [-0.2, 0) is 32.2 Å². The second kappa shape index (κ2) is 22.4. The van der Waals surface area contributed by atoms with Gasteiger partial charge in [-0.1, -0.05) is 48.3 Å². The number of ether oxygens (including phenoxy) is 5. The number of amides is 1. The molecule has 340 valence electrons. The minimum Gasteiger partial charge on any atom is -0.487 e. The van der Waals surface area contributed by atoms with Crippen molar-refractivity contribution < 1.29 is 47.9 Å². The number of oxime groups is 1. The van der Waals surface area contributed by atoms with E-state index in [-0.39, 0.29) is 69.6 Å². The number of aliphatic hydroxyl groups is 2. The molecule has 4 aliphatic rings. The summed E-state index contributed by atoms with van der Waals surface area (Å²) >= 11 is 6.09. The molecule has 14 heteroatoms. The third kappa shape index (κ3) is 11.1. The summed E-state index contributed by atoms with van der Waals surface area (Å²) in [5, 5.41) is 24.8. The molecule has 0 radical (unpaired) electrons. The van der Waals surface area contributed by atoms with Crippen LogP contribution in [0.3, 0.4) is 0 Å². The maximum Gasteiger partial charge on any atom is 0.410 e. The van der Waals surface area contributed by atoms with E-state index in [1.807, 2.05) is 37.3 Å². The Morgan fingerprint density at radius 2 is 1.89 bits per heavy atom. The van der Waals surface area contributed by atoms with Gasteiger partial charge in [0, 0.05) is 49.8 Å². The minimum atomic E-state index is -1.53. The second-order valence-electron chi connectivity index (χ2n) is 16.8. The van der Waals surface area contributed by atoms with E-state index in [2.05, 4.69) is 23.7 Å². The van der Waals surface area contributed by atoms with Gasteiger partial charge in [-0.05, 0) is 111 Å². The number of aliphatic hydroxyl groups excluding tert-OH is 2. The lowest BCUT2D eigenvalue weighted by Crippen LogP contribution is -2.70. The molecule has 3 aromatic rings. The predicted octanol–water partition coefficient (Wildman–Crippen LogP) is 9.15. The molecule has 2 fully saturated rings. The predicted molar refractivity (Wildman–Crippen MR) is 237 cm³/mol. The van der Waals surface area contributed by atoms with Gasteiger partial charge in [0.1, 0.15) is 36.6 Å². The number of aromatic nitrogens is 1. The van der Waals surface area contributed by atoms with Gasteiger partial charge in [-0.25, -0.2) is 9.18 Å². The lowest BCUT2D eigenvalue weighted by Gasteiger charge is -2.60. The fraction of sp³-hybridized carbons (Fsp3) is 0.531. The number of carbonyl (C=O) groups excluding carboxylic acids is 1. The zero-order valence-corrected chi connectivity index (χ0v) is 36.9. The Labute approximate surface area is 375 Å². The summed E-state index contributed by atoms with van der Waals surface area (Å²) in [7, 11) is 0. The molecule has 2 aromatic carbocycles. The van der Waals surface area contributed by atoms with Crippen molar-refractivity contribution in [1.29, 1.82) is 0 Å². The first kappa shape index (κ1) is 46.5. The molecule has 1 saturated carbocycles. The number of hydrogen-bond acceptors (Lipinski definition) is 11. The van der Waals surface area contributed by atoms with Crippen LogP contribution < -0.4 is 9.47 Å². The summed E-state index contributed by atoms with van der Waals surface area (Å²) < 4.78 is 46.9. The minimum absolute atomic E-state index is 0.00313. The number of benzene rings is 2. The van der Waals surface area contributed by atoms with E-state index in [9.17, 15) is 19.4 Å². The number of aryl methyl sites for hydroxylation is 1. The van der Waals surface area contributed by atoms with Gasteiger partial charge in [0.05, 0.1) is 36.4 Å². The molecule has 7 rings (SSSR count). The maximum atomic E-state index is 14.5. The van der Waals surface area contributed by atoms with Crippen molar-refractivity contribution in [2.24, 2.45) is 22.9 Å². The highest BCUT2D eigenvalue weighted by Gasteiger charge is 2.65. The van der Waals surface area contributed by atoms with E-state index in [0.29, 0.717) is 48.6 Å². The summed E-state index contributed by atoms with van der Waals surface area (Å²) in [4.78, 5) is 27.0. The molecule has 3 heterocycles. The molecular weight excluding hydrogens is 829 g/mol. The molecule has 2 N–H and O–H groups in total. The van der Waals surface area contributed by atoms with Crippen LogP contribution in [0, 0.1) is 30.5 Å². The number of hydrogen-bond donors (Lipinski definition) is 2. The second-order valence-corrected chi connectivity index (χ2v) is 17.2. The Morgan fingerprint density at radius 3 is 2.62 bits per heavy atom. The first-order valence-corrected chi connectivity index (χ1v) is 23.0. The highest BCUT2D eigenvalue weighted by Crippen LogP contribution is 2.62. The van der Waals surface area contributed by atoms with Gasteiger partial charge in [-0.15, -0.1) is 18.2 Å². The zero-order chi connectivity index (χ0) is 44.2. The first-order valence-electron chi connectivity index (χ1n) is 22.4. The van der Waals surface area contributed by atoms with E-state index in [1.54, 1.807) is 23.1 Å². The van der Waals surface area contributed by atoms with E-state index in [4.69, 9.17) is 45.3 Å². The number of halogens is 2. The van der Waals surface area contributed by atoms with Crippen LogP contribution in [-0.4, -0.2) is 88.9 Å². The van der Waals surface area contributed by atoms with E-state index in [0.717, 1.165) is 61.0 Å². The van der Waals surface area contributed by atoms with Gasteiger partial charge >= 0.3 is 6.09 Å². The van der Waals surface area contributed by atoms with Crippen molar-refractivity contribution in [3.8, 4) is 11.5 Å². The number of rotatable bonds is 21. The molecular formula is C49H61ClFN3O9. The summed E-state index contributed by atoms with van der Waals surface area (Å²) in [5.74, 6) is -1.42. The molecule has 2 aliphatic heterocycles. The van der Waals surface area contributed by atoms with Gasteiger partial charge in [-0.3, -0.25) is 9.88 Å². The van der Waals surface area contributed by atoms with Crippen LogP contribution in [0.2, 0.25) is 0 Å². The molecule has 12 nitrogen and oxygen atoms in total. The highest BCUT2D eigenvalue weighted by atomic mass is 35.5. The lowest BCUT2D eigenvalue weighted by atomic mass is 9.55. The molecule has 0 bridgehead atoms. The first-order chi connectivity index (χ1) is 30.8. The van der Waals surface area contributed by atoms with Crippen LogP contribution in [0.1, 0.15) is 92.6 Å². The number of fused-ring (bicyclic) bond motifs is 2. The van der Waals surface area contributed by atoms with Crippen molar-refractivity contribution >= 4 is 23.4 Å². The number of carbonyl (C=O) groups is 1. The average molecular weight is 890 g/mol. The smallest absolute Gasteiger partial charge is 0.410 e. The lowest BCUT2D eigenvalue weighted by molar-refractivity contribution is -0.256. The molecule has 1 aromatic heterocycles. The average Bonchev–Trinajstić information content (AvgIpc) is 3.30. The van der Waals surface area contributed by atoms with Gasteiger partial charge in [0.25, 0.3) is 0 Å². The molecule has 0 spiro atoms. The Balaban J connectivity index is 1.43. The van der Waals surface area contributed by atoms with Gasteiger partial charge in [0.2, 0.25) is 12.1 Å². The summed E-state index contributed by atoms with van der Waals surface area (Å²) in [6.07, 6.45) is 9.92. The van der Waals surface area contributed by atoms with Crippen LogP contribution in [0.5, 0.6) is 11.5 Å². The summed E-state index contributed by atoms with van der Waals surface area (Å²) in [6, 6.07) is 16.8. The van der Waals surface area contributed by atoms with Crippen LogP contribution in [0.25, 0.3) is 0 Å². The van der Waals surface area contributed by atoms with E-state index < -0.39 is 35.9 Å². The number of pyridine rings is 1. The molecule has 1 amide bonds. The SMILES string of the molecule is C=CCO[C@@]12Oc3ccc(OCc4cccc(C)n4)cc3[C@H]3[C@H](CCCCO)[C@@H](CCCCO)C=C(C(=NOC4CCCCO4)C[C@@H]1N(Cc1ccc(F)cc1)C(=O)OCCCl)[C@H]32. The summed E-state index contributed by atoms with van der Waals surface area (Å²) in [5.41, 5.74) is 4.80. The fourth-order valence-electron chi connectivity index (χ4n) is 9.79. The molecule has 2 aliphatic carbocycles. The normalized spacial score (nSPS) is 25.5. The maximum absolute atomic E-state index is 14.5. The van der Waals surface area contributed by atoms with Crippen LogP contribution >= 0.6 is 11.6 Å².